The van der Waals surface area contributed by atoms with Gasteiger partial charge < -0.3 is 51.6 Å². The number of nitrogens with one attached hydrogen (secondary N) is 7. The quantitative estimate of drug-likeness (QED) is 0.0276. The maximum Gasteiger partial charge on any atom is 0.405 e. The molecule has 8 N–H and O–H groups in total. The molecule has 0 spiro atoms. The molecule has 3 atom stereocenters. The molecule has 1 fully saturated rings. The number of nitrogens with zero attached hydrogens (tertiary/aromatic N) is 10. The largest absolute Gasteiger partial charge is 0.508 e. The number of aromatic nitrogens is 10. The SMILES string of the molecule is CC(C)(Nc1ccnc(-c2ccc(O)cc2)n1)C(=O)NCC(F)(F)F.CC(C)[C@@H](Nc1nc(-c2ccc(=O)[nH]c2)ncc1F)C(=O)NCC(F)(F)F.COc1ccc(-c2nccc(N[C@@H](C(=O)CCC(F)(F)F)C(C)C)n2)cc1.O=C(NCC(F)(F)F)[C@H]1CCCN1c1nc(-c2ccc3ncsc3c2)ncc1F.[HH].[HH].[HH].[HH].[HH]. The molecule has 3 amide bonds. The van der Waals surface area contributed by atoms with E-state index in [-0.39, 0.29) is 53.5 Å². The fraction of sp³-hybridized carbons (Fsp3) is 0.362. The first-order valence-electron chi connectivity index (χ1n) is 32.5. The van der Waals surface area contributed by atoms with E-state index in [1.165, 1.54) is 79.0 Å². The first-order valence-corrected chi connectivity index (χ1v) is 33.4. The van der Waals surface area contributed by atoms with Gasteiger partial charge in [0, 0.05) is 67.0 Å². The van der Waals surface area contributed by atoms with Crippen molar-refractivity contribution in [1.82, 2.24) is 65.8 Å². The zero-order valence-corrected chi connectivity index (χ0v) is 59.1. The summed E-state index contributed by atoms with van der Waals surface area (Å²) in [5, 5.41) is 23.1. The molecule has 9 aromatic rings. The van der Waals surface area contributed by atoms with Crippen molar-refractivity contribution < 1.29 is 97.6 Å². The number of halogens is 14. The lowest BCUT2D eigenvalue weighted by Gasteiger charge is -2.26. The molecule has 0 bridgehead atoms. The molecule has 3 aromatic carbocycles. The van der Waals surface area contributed by atoms with Crippen LogP contribution in [0.15, 0.2) is 132 Å². The lowest BCUT2D eigenvalue weighted by molar-refractivity contribution is -0.143. The molecule has 10 rings (SSSR count). The van der Waals surface area contributed by atoms with Gasteiger partial charge >= 0.3 is 24.7 Å². The predicted molar refractivity (Wildman–Crippen MR) is 382 cm³/mol. The summed E-state index contributed by atoms with van der Waals surface area (Å²) in [5.41, 5.74) is 3.30. The van der Waals surface area contributed by atoms with Gasteiger partial charge in [-0.1, -0.05) is 27.7 Å². The molecule has 0 saturated carbocycles. The maximum absolute atomic E-state index is 14.5. The van der Waals surface area contributed by atoms with Crippen LogP contribution in [-0.2, 0) is 19.2 Å². The molecule has 0 unspecified atom stereocenters. The minimum atomic E-state index is -4.56. The van der Waals surface area contributed by atoms with Crippen molar-refractivity contribution >= 4 is 68.3 Å². The van der Waals surface area contributed by atoms with Crippen molar-refractivity contribution in [1.29, 1.82) is 0 Å². The van der Waals surface area contributed by atoms with Crippen molar-refractivity contribution in [3.8, 4) is 57.1 Å². The third-order valence-electron chi connectivity index (χ3n) is 15.3. The van der Waals surface area contributed by atoms with Crippen molar-refractivity contribution in [3.63, 3.8) is 0 Å². The number of amides is 3. The van der Waals surface area contributed by atoms with Crippen LogP contribution in [0.4, 0.5) is 84.7 Å². The van der Waals surface area contributed by atoms with Gasteiger partial charge in [-0.05, 0) is 123 Å². The van der Waals surface area contributed by atoms with Gasteiger partial charge in [-0.2, -0.15) is 52.7 Å². The van der Waals surface area contributed by atoms with E-state index in [9.17, 15) is 90.5 Å². The molecule has 6 aromatic heterocycles. The van der Waals surface area contributed by atoms with Crippen LogP contribution in [0, 0.1) is 23.5 Å². The van der Waals surface area contributed by atoms with Crippen LogP contribution in [0.5, 0.6) is 11.5 Å². The Kier molecular flexibility index (Phi) is 28.6. The Hall–Kier alpha value is -11.3. The summed E-state index contributed by atoms with van der Waals surface area (Å²) in [4.78, 5) is 101. The zero-order valence-electron chi connectivity index (χ0n) is 58.2. The second kappa shape index (κ2) is 36.8. The molecule has 1 saturated heterocycles. The number of fused-ring (bicyclic) bond motifs is 1. The highest BCUT2D eigenvalue weighted by atomic mass is 32.1. The molecular formula is C69H81F14N17O7S. The van der Waals surface area contributed by atoms with Gasteiger partial charge in [-0.15, -0.1) is 11.3 Å². The molecular weight excluding hydrogens is 1480 g/mol. The Morgan fingerprint density at radius 2 is 1.18 bits per heavy atom. The van der Waals surface area contributed by atoms with Crippen LogP contribution in [0.2, 0.25) is 0 Å². The summed E-state index contributed by atoms with van der Waals surface area (Å²) < 4.78 is 183. The van der Waals surface area contributed by atoms with Gasteiger partial charge in [0.05, 0.1) is 47.7 Å². The average molecular weight is 1560 g/mol. The molecule has 1 aliphatic heterocycles. The number of Topliss-reactive ketones (excluding diaryl/α,β-unsaturated/α-hetero) is 1. The van der Waals surface area contributed by atoms with Crippen molar-refractivity contribution in [2.24, 2.45) is 11.8 Å². The Morgan fingerprint density at radius 3 is 1.76 bits per heavy atom. The van der Waals surface area contributed by atoms with Gasteiger partial charge in [0.25, 0.3) is 0 Å². The van der Waals surface area contributed by atoms with Crippen LogP contribution < -0.4 is 47.1 Å². The number of phenolic OH excluding ortho intramolecular Hbond substituents is 1. The van der Waals surface area contributed by atoms with Crippen LogP contribution in [0.3, 0.4) is 0 Å². The standard InChI is InChI=1S/C19H22F3N3O2.C18H15F4N5OS.C16H17F4N5O2.C16H17F3N4O2.5H2/c1-12(2)17(15(26)8-10-19(20,21)22)24-16-9-11-23-18(25-16)13-4-6-14(27-3)7-5-13;19-11-7-23-15(10-3-4-12-14(6-10)29-9-25-12)26-16(11)27-5-1-2-13(27)17(28)24-8-18(20,21)22;1-8(2)12(15(27)23-7-16(18,19)20)24-14-10(17)6-22-13(25-14)9-3-4-11(26)21-5-9;1-15(2,14(25)21-9-16(17,18)19)23-12-7-8-20-13(22-12)10-3-5-11(24)6-4-10;;;;;/h4-7,9,11-12,17H,8,10H2,1-3H3,(H,23,24,25);3-4,6-7,9,13H,1-2,5,8H2,(H,24,28);3-6,8,12H,7H2,1-2H3,(H,21,26)(H,23,27)(H,22,24,25);3-8,24H,9H2,1-2H3,(H,21,25)(H,20,22,23);5*1H/t17-;13-;12-;;;;;;/m111....../s1. The number of hydrogen-bond acceptors (Lipinski definition) is 21. The predicted octanol–water partition coefficient (Wildman–Crippen LogP) is 14.1. The van der Waals surface area contributed by atoms with E-state index in [0.29, 0.717) is 59.3 Å². The van der Waals surface area contributed by atoms with Crippen LogP contribution in [0.1, 0.15) is 74.4 Å². The number of methoxy groups -OCH3 is 1. The van der Waals surface area contributed by atoms with Crippen LogP contribution in [0.25, 0.3) is 55.8 Å². The van der Waals surface area contributed by atoms with Crippen LogP contribution in [-0.4, -0.2) is 160 Å². The monoisotopic (exact) mass is 1560 g/mol. The minimum Gasteiger partial charge on any atom is -0.508 e. The lowest BCUT2D eigenvalue weighted by atomic mass is 9.97. The van der Waals surface area contributed by atoms with Crippen molar-refractivity contribution in [2.75, 3.05) is 54.1 Å². The number of carbonyl (C=O) groups is 4. The summed E-state index contributed by atoms with van der Waals surface area (Å²) in [6, 6.07) is 21.7. The summed E-state index contributed by atoms with van der Waals surface area (Å²) in [7, 11) is 1.57. The van der Waals surface area contributed by atoms with E-state index in [1.807, 2.05) is 16.7 Å². The number of phenols is 1. The number of H-pyrrole nitrogens is 1. The summed E-state index contributed by atoms with van der Waals surface area (Å²) >= 11 is 1.44. The molecule has 588 valence electrons. The first kappa shape index (κ1) is 84.0. The van der Waals surface area contributed by atoms with E-state index in [1.54, 1.807) is 100 Å². The van der Waals surface area contributed by atoms with E-state index in [4.69, 9.17) is 4.74 Å². The third kappa shape index (κ3) is 26.0. The zero-order chi connectivity index (χ0) is 79.5. The Labute approximate surface area is 617 Å². The summed E-state index contributed by atoms with van der Waals surface area (Å²) in [6.45, 7) is 5.60. The molecule has 39 heteroatoms. The number of anilines is 4. The number of carbonyl (C=O) groups excluding carboxylic acids is 4. The Bertz CT molecular complexity index is 4580. The number of aromatic hydroxyl groups is 1. The Morgan fingerprint density at radius 1 is 0.630 bits per heavy atom. The number of hydrogen-bond donors (Lipinski definition) is 8. The molecule has 0 aliphatic carbocycles. The second-order valence-corrected chi connectivity index (χ2v) is 25.8. The lowest BCUT2D eigenvalue weighted by Crippen LogP contribution is -2.50. The molecule has 108 heavy (non-hydrogen) atoms. The third-order valence-corrected chi connectivity index (χ3v) is 16.1. The maximum atomic E-state index is 14.5. The highest BCUT2D eigenvalue weighted by Gasteiger charge is 2.38. The summed E-state index contributed by atoms with van der Waals surface area (Å²) in [6.07, 6.45) is -12.5. The van der Waals surface area contributed by atoms with E-state index in [2.05, 4.69) is 65.8 Å². The van der Waals surface area contributed by atoms with E-state index in [0.717, 1.165) is 28.2 Å². The minimum absolute atomic E-state index is 0. The molecule has 0 radical (unpaired) electrons. The number of alkyl halides is 12. The molecule has 24 nitrogen and oxygen atoms in total. The average Bonchev–Trinajstić information content (AvgIpc) is 1.72. The fourth-order valence-corrected chi connectivity index (χ4v) is 10.6. The highest BCUT2D eigenvalue weighted by Crippen LogP contribution is 2.32. The normalized spacial score (nSPS) is 13.7. The number of aromatic amines is 1. The van der Waals surface area contributed by atoms with Gasteiger partial charge in [-0.25, -0.2) is 53.6 Å². The fourth-order valence-electron chi connectivity index (χ4n) is 9.90. The van der Waals surface area contributed by atoms with Gasteiger partial charge in [-0.3, -0.25) is 24.0 Å². The molecule has 1 aliphatic rings. The van der Waals surface area contributed by atoms with Crippen molar-refractivity contribution in [3.05, 3.63) is 149 Å². The number of thiazole rings is 1. The number of pyridine rings is 1. The van der Waals surface area contributed by atoms with Crippen molar-refractivity contribution in [2.45, 2.75) is 116 Å². The molecule has 7 heterocycles. The smallest absolute Gasteiger partial charge is 0.405 e. The van der Waals surface area contributed by atoms with Gasteiger partial charge in [0.2, 0.25) is 23.3 Å². The highest BCUT2D eigenvalue weighted by molar-refractivity contribution is 7.16. The van der Waals surface area contributed by atoms with Gasteiger partial charge in [0.15, 0.2) is 52.4 Å². The van der Waals surface area contributed by atoms with Crippen LogP contribution >= 0.6 is 11.3 Å². The first-order chi connectivity index (χ1) is 50.6. The number of rotatable bonds is 23. The van der Waals surface area contributed by atoms with E-state index >= 15 is 0 Å². The number of ether oxygens (including phenoxy) is 1. The number of ketones is 1. The summed E-state index contributed by atoms with van der Waals surface area (Å²) in [5.74, 6) is -3.16. The topological polar surface area (TPSA) is 322 Å². The van der Waals surface area contributed by atoms with E-state index < -0.39 is 122 Å². The number of benzene rings is 3. The van der Waals surface area contributed by atoms with Gasteiger partial charge in [0.1, 0.15) is 60.4 Å². The second-order valence-electron chi connectivity index (χ2n) is 24.9. The Balaban J connectivity index is 0.000000504.